The number of hydrogen-bond donors (Lipinski definition) is 2. The Labute approximate surface area is 153 Å². The van der Waals surface area contributed by atoms with Crippen LogP contribution in [0.15, 0.2) is 54.7 Å². The molecule has 0 spiro atoms. The third-order valence-corrected chi connectivity index (χ3v) is 5.42. The van der Waals surface area contributed by atoms with Crippen LogP contribution in [0.25, 0.3) is 10.9 Å². The average Bonchev–Trinajstić information content (AvgIpc) is 3.05. The van der Waals surface area contributed by atoms with E-state index in [1.54, 1.807) is 31.4 Å². The Morgan fingerprint density at radius 1 is 1.04 bits per heavy atom. The molecule has 3 rings (SSSR count). The van der Waals surface area contributed by atoms with Gasteiger partial charge in [-0.25, -0.2) is 13.1 Å². The first kappa shape index (κ1) is 18.3. The van der Waals surface area contributed by atoms with Gasteiger partial charge in [-0.1, -0.05) is 18.2 Å². The SMILES string of the molecule is COc1ccc(OCCS(=O)(=O)NCCc2c[nH]c3ccccc23)cc1. The quantitative estimate of drug-likeness (QED) is 0.603. The van der Waals surface area contributed by atoms with Crippen molar-refractivity contribution in [2.24, 2.45) is 0 Å². The van der Waals surface area contributed by atoms with Crippen molar-refractivity contribution >= 4 is 20.9 Å². The van der Waals surface area contributed by atoms with Gasteiger partial charge in [0.05, 0.1) is 12.9 Å². The third-order valence-electron chi connectivity index (χ3n) is 4.07. The fourth-order valence-corrected chi connectivity index (χ4v) is 3.55. The van der Waals surface area contributed by atoms with Gasteiger partial charge in [-0.3, -0.25) is 0 Å². The second-order valence-electron chi connectivity index (χ2n) is 5.85. The molecule has 0 aliphatic carbocycles. The number of ether oxygens (including phenoxy) is 2. The molecular formula is C19H22N2O4S. The topological polar surface area (TPSA) is 80.4 Å². The maximum atomic E-state index is 12.1. The molecular weight excluding hydrogens is 352 g/mol. The highest BCUT2D eigenvalue weighted by molar-refractivity contribution is 7.89. The highest BCUT2D eigenvalue weighted by atomic mass is 32.2. The van der Waals surface area contributed by atoms with Gasteiger partial charge in [0.1, 0.15) is 18.1 Å². The van der Waals surface area contributed by atoms with Crippen LogP contribution in [0, 0.1) is 0 Å². The molecule has 1 aromatic heterocycles. The molecule has 0 bridgehead atoms. The van der Waals surface area contributed by atoms with Crippen molar-refractivity contribution < 1.29 is 17.9 Å². The Bertz CT molecular complexity index is 949. The molecule has 7 heteroatoms. The van der Waals surface area contributed by atoms with Gasteiger partial charge in [-0.15, -0.1) is 0 Å². The normalized spacial score (nSPS) is 11.6. The van der Waals surface area contributed by atoms with E-state index >= 15 is 0 Å². The smallest absolute Gasteiger partial charge is 0.214 e. The molecule has 3 aromatic rings. The number of aromatic amines is 1. The van der Waals surface area contributed by atoms with Crippen molar-refractivity contribution in [1.29, 1.82) is 0 Å². The minimum absolute atomic E-state index is 0.0904. The van der Waals surface area contributed by atoms with Crippen molar-refractivity contribution in [2.75, 3.05) is 26.0 Å². The molecule has 0 unspecified atom stereocenters. The minimum Gasteiger partial charge on any atom is -0.497 e. The number of hydrogen-bond acceptors (Lipinski definition) is 4. The number of para-hydroxylation sites is 1. The van der Waals surface area contributed by atoms with Crippen LogP contribution in [0.1, 0.15) is 5.56 Å². The minimum atomic E-state index is -3.38. The van der Waals surface area contributed by atoms with Gasteiger partial charge in [0.25, 0.3) is 0 Å². The van der Waals surface area contributed by atoms with Gasteiger partial charge in [-0.2, -0.15) is 0 Å². The summed E-state index contributed by atoms with van der Waals surface area (Å²) in [5.74, 6) is 1.25. The highest BCUT2D eigenvalue weighted by Gasteiger charge is 2.11. The largest absolute Gasteiger partial charge is 0.497 e. The van der Waals surface area contributed by atoms with E-state index < -0.39 is 10.0 Å². The fraction of sp³-hybridized carbons (Fsp3) is 0.263. The molecule has 0 radical (unpaired) electrons. The van der Waals surface area contributed by atoms with E-state index in [2.05, 4.69) is 9.71 Å². The average molecular weight is 374 g/mol. The van der Waals surface area contributed by atoms with Crippen LogP contribution in [0.4, 0.5) is 0 Å². The Hall–Kier alpha value is -2.51. The molecule has 0 aliphatic heterocycles. The zero-order valence-electron chi connectivity index (χ0n) is 14.6. The summed E-state index contributed by atoms with van der Waals surface area (Å²) < 4.78 is 37.4. The van der Waals surface area contributed by atoms with Crippen molar-refractivity contribution in [3.05, 3.63) is 60.3 Å². The molecule has 1 heterocycles. The van der Waals surface area contributed by atoms with Crippen LogP contribution >= 0.6 is 0 Å². The Balaban J connectivity index is 1.45. The summed E-state index contributed by atoms with van der Waals surface area (Å²) in [5.41, 5.74) is 2.15. The van der Waals surface area contributed by atoms with Crippen LogP contribution < -0.4 is 14.2 Å². The second-order valence-corrected chi connectivity index (χ2v) is 7.77. The van der Waals surface area contributed by atoms with E-state index in [-0.39, 0.29) is 12.4 Å². The Kier molecular flexibility index (Phi) is 5.80. The number of methoxy groups -OCH3 is 1. The number of sulfonamides is 1. The molecule has 26 heavy (non-hydrogen) atoms. The molecule has 138 valence electrons. The summed E-state index contributed by atoms with van der Waals surface area (Å²) in [5, 5.41) is 1.12. The van der Waals surface area contributed by atoms with E-state index in [1.807, 2.05) is 30.5 Å². The van der Waals surface area contributed by atoms with Crippen molar-refractivity contribution in [3.8, 4) is 11.5 Å². The van der Waals surface area contributed by atoms with Crippen LogP contribution in [0.2, 0.25) is 0 Å². The lowest BCUT2D eigenvalue weighted by Gasteiger charge is -2.09. The van der Waals surface area contributed by atoms with E-state index in [0.29, 0.717) is 18.7 Å². The van der Waals surface area contributed by atoms with Crippen molar-refractivity contribution in [3.63, 3.8) is 0 Å². The standard InChI is InChI=1S/C19H22N2O4S/c1-24-16-6-8-17(9-7-16)25-12-13-26(22,23)21-11-10-15-14-20-19-5-3-2-4-18(15)19/h2-9,14,20-21H,10-13H2,1H3. The van der Waals surface area contributed by atoms with Gasteiger partial charge in [0.15, 0.2) is 0 Å². The lowest BCUT2D eigenvalue weighted by molar-refractivity contribution is 0.339. The summed E-state index contributed by atoms with van der Waals surface area (Å²) in [4.78, 5) is 3.19. The van der Waals surface area contributed by atoms with Crippen LogP contribution in [0.5, 0.6) is 11.5 Å². The monoisotopic (exact) mass is 374 g/mol. The molecule has 0 amide bonds. The highest BCUT2D eigenvalue weighted by Crippen LogP contribution is 2.18. The maximum Gasteiger partial charge on any atom is 0.214 e. The maximum absolute atomic E-state index is 12.1. The Morgan fingerprint density at radius 3 is 2.54 bits per heavy atom. The number of H-pyrrole nitrogens is 1. The second kappa shape index (κ2) is 8.25. The number of nitrogens with one attached hydrogen (secondary N) is 2. The molecule has 0 saturated carbocycles. The first-order valence-electron chi connectivity index (χ1n) is 8.36. The summed E-state index contributed by atoms with van der Waals surface area (Å²) >= 11 is 0. The summed E-state index contributed by atoms with van der Waals surface area (Å²) in [6, 6.07) is 15.0. The fourth-order valence-electron chi connectivity index (χ4n) is 2.69. The predicted molar refractivity (Wildman–Crippen MR) is 102 cm³/mol. The molecule has 0 saturated heterocycles. The van der Waals surface area contributed by atoms with E-state index in [1.165, 1.54) is 0 Å². The number of rotatable bonds is 9. The Morgan fingerprint density at radius 2 is 1.77 bits per heavy atom. The van der Waals surface area contributed by atoms with Crippen LogP contribution in [0.3, 0.4) is 0 Å². The molecule has 2 aromatic carbocycles. The van der Waals surface area contributed by atoms with Crippen molar-refractivity contribution in [2.45, 2.75) is 6.42 Å². The van der Waals surface area contributed by atoms with Crippen LogP contribution in [-0.4, -0.2) is 39.4 Å². The van der Waals surface area contributed by atoms with Gasteiger partial charge < -0.3 is 14.5 Å². The zero-order chi connectivity index (χ0) is 18.4. The van der Waals surface area contributed by atoms with Crippen molar-refractivity contribution in [1.82, 2.24) is 9.71 Å². The summed E-state index contributed by atoms with van der Waals surface area (Å²) in [7, 11) is -1.79. The zero-order valence-corrected chi connectivity index (χ0v) is 15.4. The number of benzene rings is 2. The molecule has 0 atom stereocenters. The van der Waals surface area contributed by atoms with Gasteiger partial charge in [-0.05, 0) is 42.3 Å². The van der Waals surface area contributed by atoms with E-state index in [4.69, 9.17) is 9.47 Å². The number of aromatic nitrogens is 1. The molecule has 0 fully saturated rings. The van der Waals surface area contributed by atoms with Crippen LogP contribution in [-0.2, 0) is 16.4 Å². The first-order chi connectivity index (χ1) is 12.6. The van der Waals surface area contributed by atoms with Gasteiger partial charge in [0, 0.05) is 23.6 Å². The van der Waals surface area contributed by atoms with Gasteiger partial charge in [0.2, 0.25) is 10.0 Å². The summed E-state index contributed by atoms with van der Waals surface area (Å²) in [6.07, 6.45) is 2.55. The number of fused-ring (bicyclic) bond motifs is 1. The first-order valence-corrected chi connectivity index (χ1v) is 10.0. The van der Waals surface area contributed by atoms with E-state index in [0.717, 1.165) is 22.2 Å². The van der Waals surface area contributed by atoms with Gasteiger partial charge >= 0.3 is 0 Å². The lowest BCUT2D eigenvalue weighted by Crippen LogP contribution is -2.30. The van der Waals surface area contributed by atoms with E-state index in [9.17, 15) is 8.42 Å². The molecule has 0 aliphatic rings. The lowest BCUT2D eigenvalue weighted by atomic mass is 10.1. The summed E-state index contributed by atoms with van der Waals surface area (Å²) in [6.45, 7) is 0.446. The molecule has 6 nitrogen and oxygen atoms in total. The predicted octanol–water partition coefficient (Wildman–Crippen LogP) is 2.72. The third kappa shape index (κ3) is 4.77. The molecule has 2 N–H and O–H groups in total.